The average molecular weight is 400 g/mol. The topological polar surface area (TPSA) is 60.9 Å². The molecule has 5 nitrogen and oxygen atoms in total. The van der Waals surface area contributed by atoms with Gasteiger partial charge in [0, 0.05) is 23.9 Å². The van der Waals surface area contributed by atoms with E-state index in [1.807, 2.05) is 37.3 Å². The van der Waals surface area contributed by atoms with Gasteiger partial charge < -0.3 is 10.0 Å². The van der Waals surface area contributed by atoms with Crippen LogP contribution in [0.5, 0.6) is 5.75 Å². The van der Waals surface area contributed by atoms with Crippen molar-refractivity contribution in [1.29, 1.82) is 0 Å². The Morgan fingerprint density at radius 1 is 0.967 bits per heavy atom. The summed E-state index contributed by atoms with van der Waals surface area (Å²) in [6.07, 6.45) is 3.61. The summed E-state index contributed by atoms with van der Waals surface area (Å²) >= 11 is 0. The molecule has 4 rings (SSSR count). The first-order chi connectivity index (χ1) is 14.6. The first-order valence-electron chi connectivity index (χ1n) is 10.2. The molecule has 0 unspecified atom stereocenters. The van der Waals surface area contributed by atoms with E-state index in [1.165, 1.54) is 0 Å². The highest BCUT2D eigenvalue weighted by atomic mass is 16.3. The molecular weight excluding hydrogens is 376 g/mol. The summed E-state index contributed by atoms with van der Waals surface area (Å²) < 4.78 is 0. The second kappa shape index (κ2) is 8.03. The Bertz CT molecular complexity index is 1140. The van der Waals surface area contributed by atoms with E-state index in [4.69, 9.17) is 0 Å². The lowest BCUT2D eigenvalue weighted by Gasteiger charge is -2.27. The average Bonchev–Trinajstić information content (AvgIpc) is 3.03. The highest BCUT2D eigenvalue weighted by Crippen LogP contribution is 2.45. The molecule has 1 aliphatic heterocycles. The summed E-state index contributed by atoms with van der Waals surface area (Å²) in [7, 11) is 0. The van der Waals surface area contributed by atoms with E-state index in [0.29, 0.717) is 23.3 Å². The molecule has 0 atom stereocenters. The van der Waals surface area contributed by atoms with Gasteiger partial charge in [0.15, 0.2) is 0 Å². The van der Waals surface area contributed by atoms with Crippen LogP contribution in [0.2, 0.25) is 0 Å². The number of amides is 2. The Balaban J connectivity index is 1.97. The van der Waals surface area contributed by atoms with E-state index >= 15 is 0 Å². The van der Waals surface area contributed by atoms with Crippen molar-refractivity contribution in [3.63, 3.8) is 0 Å². The number of hydrogen-bond acceptors (Lipinski definition) is 4. The SMILES string of the molecule is C=CCCCN(CC)c1c2c(c(O)c3ccccc13)C(=O)N(c1ccccc1)C2=O. The molecule has 3 aromatic rings. The minimum atomic E-state index is -0.493. The number of carbonyl (C=O) groups is 2. The molecule has 0 saturated heterocycles. The Labute approximate surface area is 175 Å². The number of carbonyl (C=O) groups excluding carboxylic acids is 2. The first-order valence-corrected chi connectivity index (χ1v) is 10.2. The van der Waals surface area contributed by atoms with Crippen molar-refractivity contribution in [3.05, 3.63) is 78.4 Å². The van der Waals surface area contributed by atoms with Crippen LogP contribution in [0.1, 0.15) is 40.5 Å². The normalized spacial score (nSPS) is 13.0. The van der Waals surface area contributed by atoms with Crippen LogP contribution < -0.4 is 9.80 Å². The minimum Gasteiger partial charge on any atom is -0.506 e. The fraction of sp³-hybridized carbons (Fsp3) is 0.200. The van der Waals surface area contributed by atoms with Crippen molar-refractivity contribution in [3.8, 4) is 5.75 Å². The fourth-order valence-electron chi connectivity index (χ4n) is 4.13. The van der Waals surface area contributed by atoms with E-state index in [2.05, 4.69) is 11.5 Å². The Morgan fingerprint density at radius 3 is 2.27 bits per heavy atom. The molecule has 0 bridgehead atoms. The van der Waals surface area contributed by atoms with Crippen molar-refractivity contribution in [2.45, 2.75) is 19.8 Å². The number of phenols is 1. The third kappa shape index (κ3) is 3.03. The van der Waals surface area contributed by atoms with Gasteiger partial charge in [0.25, 0.3) is 11.8 Å². The van der Waals surface area contributed by atoms with Crippen LogP contribution in [0, 0.1) is 0 Å². The van der Waals surface area contributed by atoms with Crippen molar-refractivity contribution in [2.24, 2.45) is 0 Å². The van der Waals surface area contributed by atoms with Gasteiger partial charge in [-0.05, 0) is 31.9 Å². The standard InChI is InChI=1S/C25H24N2O3/c1-3-5-11-16-26(4-2)22-18-14-9-10-15-19(18)23(28)21-20(22)24(29)27(25(21)30)17-12-7-6-8-13-17/h3,6-10,12-15,28H,1,4-5,11,16H2,2H3. The fourth-order valence-corrected chi connectivity index (χ4v) is 4.13. The van der Waals surface area contributed by atoms with Gasteiger partial charge in [-0.2, -0.15) is 0 Å². The van der Waals surface area contributed by atoms with Crippen LogP contribution in [-0.4, -0.2) is 30.0 Å². The molecule has 0 aromatic heterocycles. The third-order valence-corrected chi connectivity index (χ3v) is 5.54. The lowest BCUT2D eigenvalue weighted by Crippen LogP contribution is -2.30. The van der Waals surface area contributed by atoms with E-state index in [0.717, 1.165) is 29.7 Å². The minimum absolute atomic E-state index is 0.0831. The number of para-hydroxylation sites is 1. The molecule has 5 heteroatoms. The van der Waals surface area contributed by atoms with Gasteiger partial charge in [0.05, 0.1) is 22.5 Å². The zero-order valence-electron chi connectivity index (χ0n) is 17.0. The van der Waals surface area contributed by atoms with Gasteiger partial charge in [0.2, 0.25) is 0 Å². The van der Waals surface area contributed by atoms with Crippen LogP contribution in [0.4, 0.5) is 11.4 Å². The van der Waals surface area contributed by atoms with Crippen LogP contribution in [0.15, 0.2) is 67.3 Å². The number of hydrogen-bond donors (Lipinski definition) is 1. The Morgan fingerprint density at radius 2 is 1.60 bits per heavy atom. The third-order valence-electron chi connectivity index (χ3n) is 5.54. The maximum atomic E-state index is 13.5. The van der Waals surface area contributed by atoms with Gasteiger partial charge >= 0.3 is 0 Å². The summed E-state index contributed by atoms with van der Waals surface area (Å²) in [5, 5.41) is 12.3. The van der Waals surface area contributed by atoms with Gasteiger partial charge in [-0.25, -0.2) is 4.90 Å². The molecule has 0 radical (unpaired) electrons. The van der Waals surface area contributed by atoms with Crippen LogP contribution in [-0.2, 0) is 0 Å². The lowest BCUT2D eigenvalue weighted by atomic mass is 9.96. The molecule has 1 N–H and O–H groups in total. The number of benzene rings is 3. The lowest BCUT2D eigenvalue weighted by molar-refractivity contribution is 0.0926. The second-order valence-corrected chi connectivity index (χ2v) is 7.28. The largest absolute Gasteiger partial charge is 0.506 e. The van der Waals surface area contributed by atoms with Crippen LogP contribution in [0.3, 0.4) is 0 Å². The highest BCUT2D eigenvalue weighted by molar-refractivity contribution is 6.39. The number of allylic oxidation sites excluding steroid dienone is 1. The number of anilines is 2. The number of rotatable bonds is 7. The van der Waals surface area contributed by atoms with Crippen LogP contribution >= 0.6 is 0 Å². The summed E-state index contributed by atoms with van der Waals surface area (Å²) in [5.74, 6) is -1.03. The summed E-state index contributed by atoms with van der Waals surface area (Å²) in [4.78, 5) is 30.1. The van der Waals surface area contributed by atoms with Crippen molar-refractivity contribution in [1.82, 2.24) is 0 Å². The summed E-state index contributed by atoms with van der Waals surface area (Å²) in [6.45, 7) is 7.20. The molecule has 30 heavy (non-hydrogen) atoms. The van der Waals surface area contributed by atoms with Crippen LogP contribution in [0.25, 0.3) is 10.8 Å². The quantitative estimate of drug-likeness (QED) is 0.339. The second-order valence-electron chi connectivity index (χ2n) is 7.28. The molecule has 0 saturated carbocycles. The highest BCUT2D eigenvalue weighted by Gasteiger charge is 2.43. The number of phenolic OH excluding ortho intramolecular Hbond substituents is 1. The van der Waals surface area contributed by atoms with E-state index in [1.54, 1.807) is 30.3 Å². The van der Waals surface area contributed by atoms with Gasteiger partial charge in [-0.1, -0.05) is 48.5 Å². The number of nitrogens with zero attached hydrogens (tertiary/aromatic N) is 2. The van der Waals surface area contributed by atoms with Crippen molar-refractivity contribution >= 4 is 34.0 Å². The number of unbranched alkanes of at least 4 members (excludes halogenated alkanes) is 1. The van der Waals surface area contributed by atoms with Gasteiger partial charge in [0.1, 0.15) is 5.75 Å². The molecule has 1 aliphatic rings. The molecule has 3 aromatic carbocycles. The summed E-state index contributed by atoms with van der Waals surface area (Å²) in [5.41, 5.74) is 1.56. The van der Waals surface area contributed by atoms with Crippen molar-refractivity contribution in [2.75, 3.05) is 22.9 Å². The first kappa shape index (κ1) is 19.7. The zero-order chi connectivity index (χ0) is 21.3. The molecular formula is C25H24N2O3. The van der Waals surface area contributed by atoms with E-state index in [-0.39, 0.29) is 16.9 Å². The van der Waals surface area contributed by atoms with Gasteiger partial charge in [-0.15, -0.1) is 6.58 Å². The maximum absolute atomic E-state index is 13.5. The monoisotopic (exact) mass is 400 g/mol. The maximum Gasteiger partial charge on any atom is 0.270 e. The summed E-state index contributed by atoms with van der Waals surface area (Å²) in [6, 6.07) is 16.2. The molecule has 1 heterocycles. The van der Waals surface area contributed by atoms with E-state index in [9.17, 15) is 14.7 Å². The van der Waals surface area contributed by atoms with Crippen molar-refractivity contribution < 1.29 is 14.7 Å². The smallest absolute Gasteiger partial charge is 0.270 e. The number of fused-ring (bicyclic) bond motifs is 2. The predicted octanol–water partition coefficient (Wildman–Crippen LogP) is 5.14. The predicted molar refractivity (Wildman–Crippen MR) is 121 cm³/mol. The molecule has 2 amide bonds. The Hall–Kier alpha value is -3.60. The molecule has 0 aliphatic carbocycles. The van der Waals surface area contributed by atoms with E-state index < -0.39 is 11.8 Å². The molecule has 0 fully saturated rings. The molecule has 0 spiro atoms. The zero-order valence-corrected chi connectivity index (χ0v) is 17.0. The number of aromatic hydroxyl groups is 1. The molecule has 152 valence electrons. The van der Waals surface area contributed by atoms with Gasteiger partial charge in [-0.3, -0.25) is 9.59 Å². The Kier molecular flexibility index (Phi) is 5.27. The number of imide groups is 1.